The Morgan fingerprint density at radius 3 is 2.70 bits per heavy atom. The van der Waals surface area contributed by atoms with Crippen LogP contribution in [0.3, 0.4) is 0 Å². The summed E-state index contributed by atoms with van der Waals surface area (Å²) in [5.74, 6) is 0.207. The summed E-state index contributed by atoms with van der Waals surface area (Å²) in [4.78, 5) is 4.35. The smallest absolute Gasteiger partial charge is 0.140 e. The predicted octanol–water partition coefficient (Wildman–Crippen LogP) is 3.81. The van der Waals surface area contributed by atoms with Gasteiger partial charge in [-0.2, -0.15) is 0 Å². The van der Waals surface area contributed by atoms with Crippen LogP contribution in [0.2, 0.25) is 0 Å². The van der Waals surface area contributed by atoms with Crippen LogP contribution in [-0.4, -0.2) is 16.0 Å². The van der Waals surface area contributed by atoms with Gasteiger partial charge in [0, 0.05) is 22.3 Å². The first kappa shape index (κ1) is 14.9. The van der Waals surface area contributed by atoms with E-state index in [4.69, 9.17) is 10.9 Å². The van der Waals surface area contributed by atoms with Crippen LogP contribution in [0.25, 0.3) is 0 Å². The summed E-state index contributed by atoms with van der Waals surface area (Å²) in [6.07, 6.45) is 2.20. The molecular weight excluding hydrogens is 338 g/mol. The van der Waals surface area contributed by atoms with Crippen LogP contribution in [0.5, 0.6) is 0 Å². The molecule has 104 valence electrons. The number of amidine groups is 1. The molecule has 1 heterocycles. The van der Waals surface area contributed by atoms with Crippen LogP contribution in [0, 0.1) is 0 Å². The van der Waals surface area contributed by atoms with Gasteiger partial charge in [-0.25, -0.2) is 4.98 Å². The van der Waals surface area contributed by atoms with Crippen molar-refractivity contribution in [3.63, 3.8) is 0 Å². The number of oxime groups is 1. The Balaban J connectivity index is 2.26. The van der Waals surface area contributed by atoms with E-state index in [9.17, 15) is 0 Å². The van der Waals surface area contributed by atoms with Gasteiger partial charge in [-0.05, 0) is 33.6 Å². The number of aromatic nitrogens is 1. The van der Waals surface area contributed by atoms with E-state index in [1.165, 1.54) is 0 Å². The molecule has 6 heteroatoms. The zero-order chi connectivity index (χ0) is 14.4. The van der Waals surface area contributed by atoms with E-state index < -0.39 is 0 Å². The van der Waals surface area contributed by atoms with Gasteiger partial charge in [-0.15, -0.1) is 0 Å². The molecule has 2 aromatic rings. The molecule has 0 bridgehead atoms. The number of hydrogen-bond acceptors (Lipinski definition) is 4. The van der Waals surface area contributed by atoms with Gasteiger partial charge in [-0.1, -0.05) is 47.2 Å². The van der Waals surface area contributed by atoms with Gasteiger partial charge < -0.3 is 10.9 Å². The Kier molecular flexibility index (Phi) is 5.43. The molecule has 20 heavy (non-hydrogen) atoms. The number of pyridine rings is 1. The Hall–Kier alpha value is -1.53. The number of benzene rings is 1. The fourth-order valence-electron chi connectivity index (χ4n) is 1.72. The molecule has 1 atom stereocenters. The summed E-state index contributed by atoms with van der Waals surface area (Å²) in [6, 6.07) is 13.8. The number of nitrogens with two attached hydrogens (primary N) is 1. The molecule has 1 unspecified atom stereocenters. The molecule has 4 nitrogen and oxygen atoms in total. The minimum atomic E-state index is 0.0401. The van der Waals surface area contributed by atoms with Gasteiger partial charge in [-0.3, -0.25) is 0 Å². The molecule has 0 aliphatic rings. The van der Waals surface area contributed by atoms with Crippen molar-refractivity contribution < 1.29 is 5.21 Å². The molecular formula is C14H14BrN3OS. The molecule has 0 saturated carbocycles. The van der Waals surface area contributed by atoms with Crippen LogP contribution >= 0.6 is 27.7 Å². The molecule has 3 N–H and O–H groups in total. The Labute approximate surface area is 130 Å². The Morgan fingerprint density at radius 2 is 2.05 bits per heavy atom. The molecule has 1 aromatic heterocycles. The third kappa shape index (κ3) is 3.98. The fourth-order valence-corrected chi connectivity index (χ4v) is 3.37. The highest BCUT2D eigenvalue weighted by molar-refractivity contribution is 9.10. The van der Waals surface area contributed by atoms with Crippen molar-refractivity contribution in [3.8, 4) is 0 Å². The predicted molar refractivity (Wildman–Crippen MR) is 85.0 cm³/mol. The van der Waals surface area contributed by atoms with Gasteiger partial charge in [0.15, 0.2) is 0 Å². The van der Waals surface area contributed by atoms with Gasteiger partial charge in [0.1, 0.15) is 10.9 Å². The number of rotatable bonds is 5. The summed E-state index contributed by atoms with van der Waals surface area (Å²) in [6.45, 7) is 0. The van der Waals surface area contributed by atoms with Crippen molar-refractivity contribution >= 4 is 33.5 Å². The lowest BCUT2D eigenvalue weighted by molar-refractivity contribution is 0.317. The van der Waals surface area contributed by atoms with E-state index in [-0.39, 0.29) is 11.1 Å². The third-order valence-corrected chi connectivity index (χ3v) is 4.85. The quantitative estimate of drug-likeness (QED) is 0.282. The second kappa shape index (κ2) is 7.31. The summed E-state index contributed by atoms with van der Waals surface area (Å²) < 4.78 is 0.936. The van der Waals surface area contributed by atoms with Crippen LogP contribution < -0.4 is 5.73 Å². The lowest BCUT2D eigenvalue weighted by Gasteiger charge is -2.16. The Bertz CT molecular complexity index is 592. The maximum atomic E-state index is 8.78. The highest BCUT2D eigenvalue weighted by Gasteiger charge is 2.17. The van der Waals surface area contributed by atoms with E-state index in [0.29, 0.717) is 6.42 Å². The number of thioether (sulfide) groups is 1. The van der Waals surface area contributed by atoms with Crippen molar-refractivity contribution in [1.82, 2.24) is 4.98 Å². The Morgan fingerprint density at radius 1 is 1.30 bits per heavy atom. The second-order valence-corrected chi connectivity index (χ2v) is 6.15. The van der Waals surface area contributed by atoms with Gasteiger partial charge in [0.05, 0.1) is 0 Å². The van der Waals surface area contributed by atoms with E-state index in [1.54, 1.807) is 18.0 Å². The van der Waals surface area contributed by atoms with E-state index in [0.717, 1.165) is 15.1 Å². The lowest BCUT2D eigenvalue weighted by Crippen LogP contribution is -2.14. The largest absolute Gasteiger partial charge is 0.409 e. The zero-order valence-electron chi connectivity index (χ0n) is 10.6. The number of hydrogen-bond donors (Lipinski definition) is 2. The molecule has 1 aromatic carbocycles. The number of nitrogens with zero attached hydrogens (tertiary/aromatic N) is 2. The van der Waals surface area contributed by atoms with Crippen LogP contribution in [0.1, 0.15) is 17.2 Å². The molecule has 0 fully saturated rings. The topological polar surface area (TPSA) is 71.5 Å². The first-order valence-corrected chi connectivity index (χ1v) is 7.66. The molecule has 0 saturated heterocycles. The average Bonchev–Trinajstić information content (AvgIpc) is 2.49. The van der Waals surface area contributed by atoms with Crippen molar-refractivity contribution in [3.05, 3.63) is 58.7 Å². The van der Waals surface area contributed by atoms with Crippen molar-refractivity contribution in [2.24, 2.45) is 10.9 Å². The van der Waals surface area contributed by atoms with Crippen molar-refractivity contribution in [2.45, 2.75) is 16.7 Å². The fraction of sp³-hybridized carbons (Fsp3) is 0.143. The first-order chi connectivity index (χ1) is 9.70. The summed E-state index contributed by atoms with van der Waals surface area (Å²) in [7, 11) is 0. The zero-order valence-corrected chi connectivity index (χ0v) is 13.0. The van der Waals surface area contributed by atoms with E-state index >= 15 is 0 Å². The van der Waals surface area contributed by atoms with Gasteiger partial charge >= 0.3 is 0 Å². The minimum absolute atomic E-state index is 0.0401. The summed E-state index contributed by atoms with van der Waals surface area (Å²) >= 11 is 5.07. The van der Waals surface area contributed by atoms with Gasteiger partial charge in [0.25, 0.3) is 0 Å². The van der Waals surface area contributed by atoms with E-state index in [1.807, 2.05) is 42.5 Å². The van der Waals surface area contributed by atoms with E-state index in [2.05, 4.69) is 26.1 Å². The minimum Gasteiger partial charge on any atom is -0.409 e. The monoisotopic (exact) mass is 351 g/mol. The average molecular weight is 352 g/mol. The highest BCUT2D eigenvalue weighted by Crippen LogP contribution is 2.39. The van der Waals surface area contributed by atoms with Crippen LogP contribution in [-0.2, 0) is 0 Å². The molecule has 0 amide bonds. The maximum absolute atomic E-state index is 8.78. The standard InChI is InChI=1S/C14H14BrN3OS/c15-11-7-4-8-17-14(11)20-12(9-13(16)18-19)10-5-2-1-3-6-10/h1-8,12,19H,9H2,(H2,16,18). The van der Waals surface area contributed by atoms with Crippen molar-refractivity contribution in [1.29, 1.82) is 0 Å². The summed E-state index contributed by atoms with van der Waals surface area (Å²) in [5.41, 5.74) is 6.77. The SMILES string of the molecule is NC(CC(Sc1ncccc1Br)c1ccccc1)=NO. The molecule has 0 aliphatic heterocycles. The lowest BCUT2D eigenvalue weighted by atomic mass is 10.1. The molecule has 0 spiro atoms. The van der Waals surface area contributed by atoms with Crippen molar-refractivity contribution in [2.75, 3.05) is 0 Å². The molecule has 0 radical (unpaired) electrons. The first-order valence-electron chi connectivity index (χ1n) is 5.99. The second-order valence-electron chi connectivity index (χ2n) is 4.10. The molecule has 0 aliphatic carbocycles. The molecule has 2 rings (SSSR count). The summed E-state index contributed by atoms with van der Waals surface area (Å²) in [5, 5.41) is 12.8. The van der Waals surface area contributed by atoms with Gasteiger partial charge in [0.2, 0.25) is 0 Å². The maximum Gasteiger partial charge on any atom is 0.140 e. The van der Waals surface area contributed by atoms with Crippen LogP contribution in [0.15, 0.2) is 63.3 Å². The number of halogens is 1. The third-order valence-electron chi connectivity index (χ3n) is 2.67. The highest BCUT2D eigenvalue weighted by atomic mass is 79.9. The van der Waals surface area contributed by atoms with Crippen LogP contribution in [0.4, 0.5) is 0 Å². The normalized spacial score (nSPS) is 13.2.